The van der Waals surface area contributed by atoms with E-state index in [2.05, 4.69) is 0 Å². The number of hydrogen-bond donors (Lipinski definition) is 24. The molecule has 38 heteroatoms. The summed E-state index contributed by atoms with van der Waals surface area (Å²) < 4.78 is 0. The summed E-state index contributed by atoms with van der Waals surface area (Å²) in [6.45, 7) is 0. The van der Waals surface area contributed by atoms with Crippen molar-refractivity contribution in [3.8, 4) is 0 Å². The minimum absolute atomic E-state index is 0. The van der Waals surface area contributed by atoms with E-state index >= 15 is 0 Å². The van der Waals surface area contributed by atoms with E-state index in [1.807, 2.05) is 0 Å². The van der Waals surface area contributed by atoms with E-state index in [9.17, 15) is 0 Å². The first-order valence-electron chi connectivity index (χ1n) is 7.82. The molecule has 24 N–H and O–H groups in total. The molecule has 0 spiro atoms. The maximum Gasteiger partial charge on any atom is 1.00 e. The molecule has 0 amide bonds. The Labute approximate surface area is 315 Å². The van der Waals surface area contributed by atoms with Gasteiger partial charge in [0.15, 0.2) is 0 Å². The van der Waals surface area contributed by atoms with Gasteiger partial charge in [0.2, 0.25) is 0 Å². The molecule has 0 radical (unpaired) electrons. The van der Waals surface area contributed by atoms with E-state index in [0.29, 0.717) is 0 Å². The fraction of sp³-hybridized carbons (Fsp3) is 0. The van der Waals surface area contributed by atoms with Gasteiger partial charge < -0.3 is 125 Å². The van der Waals surface area contributed by atoms with Crippen LogP contribution in [0.3, 0.4) is 0 Å². The van der Waals surface area contributed by atoms with Gasteiger partial charge in [-0.15, -0.1) is 0 Å². The van der Waals surface area contributed by atoms with Crippen LogP contribution in [-0.4, -0.2) is 196 Å². The quantitative estimate of drug-likeness (QED) is 0.108. The summed E-state index contributed by atoms with van der Waals surface area (Å²) in [5.74, 6) is 0. The summed E-state index contributed by atoms with van der Waals surface area (Å²) in [7, 11) is 0. The summed E-state index contributed by atoms with van der Waals surface area (Å²) in [5, 5.41) is 167. The third kappa shape index (κ3) is 1460. The van der Waals surface area contributed by atoms with Gasteiger partial charge in [0.05, 0.1) is 0 Å². The van der Waals surface area contributed by atoms with Crippen LogP contribution < -0.4 is 59.1 Å². The van der Waals surface area contributed by atoms with Gasteiger partial charge in [-0.2, -0.15) is 0 Å². The molecule has 0 aliphatic heterocycles. The molecule has 0 saturated heterocycles. The maximum atomic E-state index is 8.56. The van der Waals surface area contributed by atoms with E-state index in [0.717, 1.165) is 0 Å². The van der Waals surface area contributed by atoms with Crippen LogP contribution in [0.4, 0.5) is 57.5 Å². The number of hydrogen-bond acceptors (Lipinski definition) is 12. The standard InChI is InChI=1S/12CH2O3.2Na.2H/c12*2-1(3)4;;;;/h12*(H2,2,3,4);;;;/q;;;;;;;;;;;;2*+1;2*-1. The Bertz CT molecular complexity index is 598. The van der Waals surface area contributed by atoms with Crippen molar-refractivity contribution in [1.82, 2.24) is 0 Å². The topological polar surface area (TPSA) is 690 Å². The van der Waals surface area contributed by atoms with E-state index < -0.39 is 73.9 Å². The molecule has 0 bridgehead atoms. The second-order valence-electron chi connectivity index (χ2n) is 3.39. The SMILES string of the molecule is O=C(O)O.O=C(O)O.O=C(O)O.O=C(O)O.O=C(O)O.O=C(O)O.O=C(O)O.O=C(O)O.O=C(O)O.O=C(O)O.O=C(O)O.O=C(O)O.[H-].[H-].[Na+].[Na+]. The molecular formula is C12H26Na2O36. The molecule has 0 aromatic heterocycles. The molecule has 0 unspecified atom stereocenters. The van der Waals surface area contributed by atoms with E-state index in [4.69, 9.17) is 180 Å². The van der Waals surface area contributed by atoms with Gasteiger partial charge in [-0.3, -0.25) is 0 Å². The van der Waals surface area contributed by atoms with Crippen LogP contribution in [0.5, 0.6) is 0 Å². The monoisotopic (exact) mass is 792 g/mol. The van der Waals surface area contributed by atoms with E-state index in [1.54, 1.807) is 0 Å². The van der Waals surface area contributed by atoms with Gasteiger partial charge in [-0.05, 0) is 0 Å². The largest absolute Gasteiger partial charge is 1.00 e. The molecule has 0 aliphatic rings. The Morgan fingerprint density at radius 3 is 0.160 bits per heavy atom. The van der Waals surface area contributed by atoms with Gasteiger partial charge in [0.25, 0.3) is 0 Å². The van der Waals surface area contributed by atoms with Gasteiger partial charge in [-0.25, -0.2) is 57.5 Å². The third-order valence-electron chi connectivity index (χ3n) is 0. The minimum atomic E-state index is -1.83. The Morgan fingerprint density at radius 1 is 0.160 bits per heavy atom. The molecule has 0 fully saturated rings. The Balaban J connectivity index is -0.0000000193. The van der Waals surface area contributed by atoms with Crippen molar-refractivity contribution in [2.75, 3.05) is 0 Å². The maximum absolute atomic E-state index is 8.56. The Morgan fingerprint density at radius 2 is 0.160 bits per heavy atom. The first-order chi connectivity index (χ1) is 20.8. The molecule has 0 heterocycles. The zero-order valence-electron chi connectivity index (χ0n) is 25.6. The average Bonchev–Trinajstić information content (AvgIpc) is 2.61. The van der Waals surface area contributed by atoms with Crippen molar-refractivity contribution in [1.29, 1.82) is 0 Å². The molecule has 0 atom stereocenters. The molecular weight excluding hydrogens is 766 g/mol. The second kappa shape index (κ2) is 84.0. The molecule has 0 aromatic carbocycles. The summed E-state index contributed by atoms with van der Waals surface area (Å²) in [4.78, 5) is 103. The smallest absolute Gasteiger partial charge is 1.00 e. The van der Waals surface area contributed by atoms with E-state index in [1.165, 1.54) is 0 Å². The van der Waals surface area contributed by atoms with Crippen molar-refractivity contribution in [2.45, 2.75) is 0 Å². The zero-order valence-corrected chi connectivity index (χ0v) is 27.6. The Kier molecular flexibility index (Phi) is 152. The van der Waals surface area contributed by atoms with Crippen LogP contribution in [0.25, 0.3) is 0 Å². The Hall–Kier alpha value is -6.76. The van der Waals surface area contributed by atoms with Crippen molar-refractivity contribution < 1.29 is 242 Å². The molecule has 0 aliphatic carbocycles. The molecule has 0 rings (SSSR count). The van der Waals surface area contributed by atoms with Gasteiger partial charge in [0, 0.05) is 0 Å². The molecule has 50 heavy (non-hydrogen) atoms. The van der Waals surface area contributed by atoms with Crippen LogP contribution in [0.2, 0.25) is 0 Å². The van der Waals surface area contributed by atoms with Crippen molar-refractivity contribution in [3.63, 3.8) is 0 Å². The van der Waals surface area contributed by atoms with Crippen LogP contribution in [0, 0.1) is 0 Å². The van der Waals surface area contributed by atoms with Crippen LogP contribution >= 0.6 is 0 Å². The van der Waals surface area contributed by atoms with Crippen LogP contribution in [0.1, 0.15) is 2.85 Å². The fourth-order valence-corrected chi connectivity index (χ4v) is 0. The molecule has 292 valence electrons. The first kappa shape index (κ1) is 90.2. The van der Waals surface area contributed by atoms with Crippen molar-refractivity contribution >= 4 is 73.9 Å². The molecule has 0 saturated carbocycles. The molecule has 36 nitrogen and oxygen atoms in total. The predicted octanol–water partition coefficient (Wildman–Crippen LogP) is -3.10. The van der Waals surface area contributed by atoms with E-state index in [-0.39, 0.29) is 62.0 Å². The third-order valence-corrected chi connectivity index (χ3v) is 0. The summed E-state index contributed by atoms with van der Waals surface area (Å²) in [6.07, 6.45) is -22.0. The van der Waals surface area contributed by atoms with Crippen LogP contribution in [0.15, 0.2) is 0 Å². The zero-order chi connectivity index (χ0) is 42.9. The fourth-order valence-electron chi connectivity index (χ4n) is 0. The minimum Gasteiger partial charge on any atom is -1.00 e. The predicted molar refractivity (Wildman–Crippen MR) is 130 cm³/mol. The number of carboxylic acid groups (broad SMARTS) is 24. The van der Waals surface area contributed by atoms with Gasteiger partial charge in [0.1, 0.15) is 0 Å². The summed E-state index contributed by atoms with van der Waals surface area (Å²) in [6, 6.07) is 0. The summed E-state index contributed by atoms with van der Waals surface area (Å²) in [5.41, 5.74) is 0. The van der Waals surface area contributed by atoms with Crippen LogP contribution in [-0.2, 0) is 0 Å². The summed E-state index contributed by atoms with van der Waals surface area (Å²) >= 11 is 0. The first-order valence-corrected chi connectivity index (χ1v) is 7.82. The number of rotatable bonds is 0. The average molecular weight is 792 g/mol. The number of carbonyl (C=O) groups is 12. The van der Waals surface area contributed by atoms with Crippen molar-refractivity contribution in [3.05, 3.63) is 0 Å². The normalized spacial score (nSPS) is 5.76. The molecule has 0 aromatic rings. The van der Waals surface area contributed by atoms with Gasteiger partial charge in [-0.1, -0.05) is 0 Å². The van der Waals surface area contributed by atoms with Gasteiger partial charge >= 0.3 is 133 Å². The van der Waals surface area contributed by atoms with Crippen molar-refractivity contribution in [2.24, 2.45) is 0 Å². The second-order valence-corrected chi connectivity index (χ2v) is 3.39.